The lowest BCUT2D eigenvalue weighted by molar-refractivity contribution is 0.313. The minimum atomic E-state index is -0.558. The first-order valence-corrected chi connectivity index (χ1v) is 7.58. The summed E-state index contributed by atoms with van der Waals surface area (Å²) < 4.78 is 27.3. The Labute approximate surface area is 121 Å². The molecule has 0 heterocycles. The van der Waals surface area contributed by atoms with Crippen LogP contribution in [-0.4, -0.2) is 6.04 Å². The zero-order valence-electron chi connectivity index (χ0n) is 11.4. The third-order valence-electron chi connectivity index (χ3n) is 3.93. The van der Waals surface area contributed by atoms with Crippen molar-refractivity contribution in [3.05, 3.63) is 28.2 Å². The number of rotatable bonds is 2. The van der Waals surface area contributed by atoms with E-state index in [1.165, 1.54) is 12.5 Å². The molecule has 1 aliphatic rings. The van der Waals surface area contributed by atoms with Gasteiger partial charge in [0.05, 0.1) is 5.69 Å². The molecule has 1 unspecified atom stereocenters. The molecule has 0 spiro atoms. The Bertz CT molecular complexity index is 436. The molecule has 1 N–H and O–H groups in total. The second-order valence-electron chi connectivity index (χ2n) is 6.18. The van der Waals surface area contributed by atoms with Gasteiger partial charge in [-0.15, -0.1) is 0 Å². The number of hydrogen-bond acceptors (Lipinski definition) is 1. The second kappa shape index (κ2) is 5.78. The van der Waals surface area contributed by atoms with Crippen LogP contribution in [0.1, 0.15) is 46.0 Å². The fourth-order valence-electron chi connectivity index (χ4n) is 2.69. The molecule has 0 aromatic heterocycles. The van der Waals surface area contributed by atoms with Crippen molar-refractivity contribution in [2.24, 2.45) is 5.41 Å². The molecule has 1 atom stereocenters. The number of hydrogen-bond donors (Lipinski definition) is 1. The van der Waals surface area contributed by atoms with Crippen LogP contribution in [0.2, 0.25) is 0 Å². The fourth-order valence-corrected chi connectivity index (χ4v) is 3.21. The van der Waals surface area contributed by atoms with E-state index in [9.17, 15) is 8.78 Å². The third-order valence-corrected chi connectivity index (χ3v) is 4.56. The van der Waals surface area contributed by atoms with E-state index in [1.807, 2.05) is 0 Å². The molecule has 106 valence electrons. The molecule has 1 aromatic rings. The van der Waals surface area contributed by atoms with Gasteiger partial charge in [0.1, 0.15) is 11.6 Å². The van der Waals surface area contributed by atoms with Crippen LogP contribution in [0.3, 0.4) is 0 Å². The number of halogens is 3. The maximum Gasteiger partial charge on any atom is 0.150 e. The van der Waals surface area contributed by atoms with Gasteiger partial charge in [0.25, 0.3) is 0 Å². The van der Waals surface area contributed by atoms with E-state index in [0.29, 0.717) is 15.6 Å². The summed E-state index contributed by atoms with van der Waals surface area (Å²) in [5.74, 6) is -1.09. The zero-order chi connectivity index (χ0) is 14.0. The molecule has 1 nitrogen and oxygen atoms in total. The Hall–Kier alpha value is -0.640. The van der Waals surface area contributed by atoms with Crippen molar-refractivity contribution in [3.8, 4) is 0 Å². The standard InChI is InChI=1S/C15H20BrF2N/c1-15(2)6-3-4-11(5-7-15)19-14-12(16)8-10(17)9-13(14)18/h8-9,11,19H,3-7H2,1-2H3. The van der Waals surface area contributed by atoms with Gasteiger partial charge in [0.2, 0.25) is 0 Å². The summed E-state index contributed by atoms with van der Waals surface area (Å²) in [7, 11) is 0. The summed E-state index contributed by atoms with van der Waals surface area (Å²) in [6.45, 7) is 4.56. The molecule has 0 radical (unpaired) electrons. The molecule has 19 heavy (non-hydrogen) atoms. The minimum absolute atomic E-state index is 0.262. The van der Waals surface area contributed by atoms with Crippen LogP contribution in [0.25, 0.3) is 0 Å². The Balaban J connectivity index is 2.09. The van der Waals surface area contributed by atoms with Crippen LogP contribution in [0.5, 0.6) is 0 Å². The first-order valence-electron chi connectivity index (χ1n) is 6.78. The minimum Gasteiger partial charge on any atom is -0.379 e. The molecule has 1 aromatic carbocycles. The summed E-state index contributed by atoms with van der Waals surface area (Å²) in [6.07, 6.45) is 5.54. The van der Waals surface area contributed by atoms with E-state index < -0.39 is 11.6 Å². The van der Waals surface area contributed by atoms with E-state index in [1.54, 1.807) is 0 Å². The van der Waals surface area contributed by atoms with Crippen LogP contribution < -0.4 is 5.32 Å². The van der Waals surface area contributed by atoms with Crippen molar-refractivity contribution in [1.29, 1.82) is 0 Å². The van der Waals surface area contributed by atoms with Gasteiger partial charge in [-0.2, -0.15) is 0 Å². The summed E-state index contributed by atoms with van der Waals surface area (Å²) in [5.41, 5.74) is 0.751. The van der Waals surface area contributed by atoms with Crippen molar-refractivity contribution in [1.82, 2.24) is 0 Å². The number of benzene rings is 1. The number of anilines is 1. The molecule has 1 fully saturated rings. The smallest absolute Gasteiger partial charge is 0.150 e. The van der Waals surface area contributed by atoms with Gasteiger partial charge in [-0.3, -0.25) is 0 Å². The average Bonchev–Trinajstić information content (AvgIpc) is 2.45. The van der Waals surface area contributed by atoms with E-state index in [0.717, 1.165) is 31.7 Å². The van der Waals surface area contributed by atoms with Crippen molar-refractivity contribution >= 4 is 21.6 Å². The van der Waals surface area contributed by atoms with Crippen LogP contribution in [0, 0.1) is 17.0 Å². The first-order chi connectivity index (χ1) is 8.87. The highest BCUT2D eigenvalue weighted by atomic mass is 79.9. The fraction of sp³-hybridized carbons (Fsp3) is 0.600. The van der Waals surface area contributed by atoms with Gasteiger partial charge in [-0.1, -0.05) is 20.3 Å². The lowest BCUT2D eigenvalue weighted by atomic mass is 9.85. The van der Waals surface area contributed by atoms with Gasteiger partial charge in [-0.25, -0.2) is 8.78 Å². The molecule has 4 heteroatoms. The molecule has 0 saturated heterocycles. The van der Waals surface area contributed by atoms with Gasteiger partial charge in [-0.05, 0) is 53.1 Å². The largest absolute Gasteiger partial charge is 0.379 e. The number of nitrogens with one attached hydrogen (secondary N) is 1. The van der Waals surface area contributed by atoms with Crippen LogP contribution >= 0.6 is 15.9 Å². The molecule has 0 aliphatic heterocycles. The van der Waals surface area contributed by atoms with Crippen molar-refractivity contribution in [2.75, 3.05) is 5.32 Å². The Kier molecular flexibility index (Phi) is 4.49. The molecule has 2 rings (SSSR count). The summed E-state index contributed by atoms with van der Waals surface area (Å²) in [5, 5.41) is 3.23. The predicted octanol–water partition coefficient (Wildman–Crippen LogP) is 5.50. The van der Waals surface area contributed by atoms with Crippen molar-refractivity contribution in [3.63, 3.8) is 0 Å². The molecule has 0 amide bonds. The Morgan fingerprint density at radius 3 is 2.63 bits per heavy atom. The molecular weight excluding hydrogens is 312 g/mol. The van der Waals surface area contributed by atoms with Gasteiger partial charge < -0.3 is 5.32 Å². The Morgan fingerprint density at radius 1 is 1.21 bits per heavy atom. The van der Waals surface area contributed by atoms with E-state index in [2.05, 4.69) is 35.1 Å². The Morgan fingerprint density at radius 2 is 1.95 bits per heavy atom. The van der Waals surface area contributed by atoms with E-state index >= 15 is 0 Å². The van der Waals surface area contributed by atoms with E-state index in [-0.39, 0.29) is 6.04 Å². The third kappa shape index (κ3) is 3.91. The zero-order valence-corrected chi connectivity index (χ0v) is 13.0. The maximum absolute atomic E-state index is 13.8. The normalized spacial score (nSPS) is 22.9. The highest BCUT2D eigenvalue weighted by molar-refractivity contribution is 9.10. The van der Waals surface area contributed by atoms with Crippen LogP contribution in [0.4, 0.5) is 14.5 Å². The highest BCUT2D eigenvalue weighted by Gasteiger charge is 2.25. The first kappa shape index (κ1) is 14.8. The van der Waals surface area contributed by atoms with Crippen LogP contribution in [-0.2, 0) is 0 Å². The molecule has 1 aliphatic carbocycles. The SMILES string of the molecule is CC1(C)CCCC(Nc2c(F)cc(F)cc2Br)CC1. The lowest BCUT2D eigenvalue weighted by Crippen LogP contribution is -2.20. The molecule has 0 bridgehead atoms. The predicted molar refractivity (Wildman–Crippen MR) is 78.3 cm³/mol. The summed E-state index contributed by atoms with van der Waals surface area (Å²) in [6, 6.07) is 2.48. The van der Waals surface area contributed by atoms with Crippen LogP contribution in [0.15, 0.2) is 16.6 Å². The average molecular weight is 332 g/mol. The topological polar surface area (TPSA) is 12.0 Å². The van der Waals surface area contributed by atoms with Crippen molar-refractivity contribution < 1.29 is 8.78 Å². The van der Waals surface area contributed by atoms with E-state index in [4.69, 9.17) is 0 Å². The molecule has 1 saturated carbocycles. The molecular formula is C15H20BrF2N. The van der Waals surface area contributed by atoms with Gasteiger partial charge in [0.15, 0.2) is 0 Å². The maximum atomic E-state index is 13.8. The quantitative estimate of drug-likeness (QED) is 0.705. The summed E-state index contributed by atoms with van der Waals surface area (Å²) in [4.78, 5) is 0. The van der Waals surface area contributed by atoms with Crippen molar-refractivity contribution in [2.45, 2.75) is 52.0 Å². The van der Waals surface area contributed by atoms with Gasteiger partial charge in [0, 0.05) is 16.6 Å². The highest BCUT2D eigenvalue weighted by Crippen LogP contribution is 2.36. The lowest BCUT2D eigenvalue weighted by Gasteiger charge is -2.22. The monoisotopic (exact) mass is 331 g/mol. The van der Waals surface area contributed by atoms with Gasteiger partial charge >= 0.3 is 0 Å². The second-order valence-corrected chi connectivity index (χ2v) is 7.04. The summed E-state index contributed by atoms with van der Waals surface area (Å²) >= 11 is 3.22.